The van der Waals surface area contributed by atoms with E-state index in [2.05, 4.69) is 15.0 Å². The number of fused-ring (bicyclic) bond motifs is 2. The molecular weight excluding hydrogens is 445 g/mol. The summed E-state index contributed by atoms with van der Waals surface area (Å²) < 4.78 is 48.1. The van der Waals surface area contributed by atoms with Crippen molar-refractivity contribution in [2.24, 2.45) is 0 Å². The lowest BCUT2D eigenvalue weighted by molar-refractivity contribution is -0.0885. The molecule has 0 aliphatic carbocycles. The highest BCUT2D eigenvalue weighted by atomic mass is 19.4. The summed E-state index contributed by atoms with van der Waals surface area (Å²) in [5.74, 6) is -1.23. The minimum Gasteiger partial charge on any atom is -0.381 e. The number of ether oxygens (including phenoxy) is 1. The van der Waals surface area contributed by atoms with Gasteiger partial charge in [0.1, 0.15) is 11.3 Å². The summed E-state index contributed by atoms with van der Waals surface area (Å²) in [6, 6.07) is 7.26. The fourth-order valence-corrected chi connectivity index (χ4v) is 4.92. The van der Waals surface area contributed by atoms with Gasteiger partial charge in [0.2, 0.25) is 0 Å². The van der Waals surface area contributed by atoms with Crippen molar-refractivity contribution in [3.05, 3.63) is 58.2 Å². The normalized spacial score (nSPS) is 15.5. The lowest BCUT2D eigenvalue weighted by atomic mass is 9.91. The molecule has 1 N–H and O–H groups in total. The molecule has 1 aromatic carbocycles. The molecule has 0 bridgehead atoms. The van der Waals surface area contributed by atoms with Crippen LogP contribution in [0.1, 0.15) is 57.5 Å². The Morgan fingerprint density at radius 3 is 2.59 bits per heavy atom. The van der Waals surface area contributed by atoms with Gasteiger partial charge in [-0.3, -0.25) is 4.79 Å². The monoisotopic (exact) mass is 470 g/mol. The molecule has 1 aliphatic heterocycles. The highest BCUT2D eigenvalue weighted by Gasteiger charge is 2.43. The number of carbonyl (C=O) groups is 1. The molecule has 1 saturated heterocycles. The summed E-state index contributed by atoms with van der Waals surface area (Å²) in [5, 5.41) is 0.295. The second-order valence-corrected chi connectivity index (χ2v) is 9.01. The molecule has 9 heteroatoms. The molecule has 0 unspecified atom stereocenters. The van der Waals surface area contributed by atoms with E-state index in [1.165, 1.54) is 0 Å². The van der Waals surface area contributed by atoms with Gasteiger partial charge < -0.3 is 14.3 Å². The molecule has 6 nitrogen and oxygen atoms in total. The number of Topliss-reactive ketones (excluding diaryl/α,β-unsaturated/α-hetero) is 1. The van der Waals surface area contributed by atoms with Crippen molar-refractivity contribution in [3.8, 4) is 0 Å². The molecule has 3 aromatic heterocycles. The summed E-state index contributed by atoms with van der Waals surface area (Å²) in [7, 11) is 0. The maximum Gasteiger partial charge on any atom is 0.454 e. The first-order valence-electron chi connectivity index (χ1n) is 11.3. The Kier molecular flexibility index (Phi) is 5.47. The number of H-pyrrole nitrogens is 1. The Hall–Kier alpha value is -3.20. The number of pyridine rings is 1. The molecule has 1 aliphatic rings. The smallest absolute Gasteiger partial charge is 0.381 e. The van der Waals surface area contributed by atoms with Gasteiger partial charge in [-0.15, -0.1) is 0 Å². The van der Waals surface area contributed by atoms with Crippen molar-refractivity contribution in [3.63, 3.8) is 0 Å². The predicted octanol–water partition coefficient (Wildman–Crippen LogP) is 5.53. The number of nitrogens with zero attached hydrogens (tertiary/aromatic N) is 3. The lowest BCUT2D eigenvalue weighted by Gasteiger charge is -2.22. The van der Waals surface area contributed by atoms with Crippen molar-refractivity contribution in [1.82, 2.24) is 19.5 Å². The number of imidazole rings is 1. The van der Waals surface area contributed by atoms with Crippen molar-refractivity contribution in [2.75, 3.05) is 13.2 Å². The number of ketones is 1. The Morgan fingerprint density at radius 2 is 1.88 bits per heavy atom. The second-order valence-electron chi connectivity index (χ2n) is 9.01. The summed E-state index contributed by atoms with van der Waals surface area (Å²) in [6.07, 6.45) is -3.81. The number of rotatable bonds is 4. The van der Waals surface area contributed by atoms with Gasteiger partial charge in [0.25, 0.3) is 5.78 Å². The minimum absolute atomic E-state index is 0.180. The van der Waals surface area contributed by atoms with Crippen LogP contribution in [0.2, 0.25) is 0 Å². The third-order valence-corrected chi connectivity index (χ3v) is 6.56. The molecule has 34 heavy (non-hydrogen) atoms. The van der Waals surface area contributed by atoms with E-state index in [1.807, 2.05) is 37.5 Å². The Labute approximate surface area is 194 Å². The summed E-state index contributed by atoms with van der Waals surface area (Å²) in [6.45, 7) is 7.08. The van der Waals surface area contributed by atoms with E-state index in [0.717, 1.165) is 33.8 Å². The minimum atomic E-state index is -4.96. The summed E-state index contributed by atoms with van der Waals surface area (Å²) in [4.78, 5) is 24.9. The largest absolute Gasteiger partial charge is 0.454 e. The van der Waals surface area contributed by atoms with E-state index in [0.29, 0.717) is 49.2 Å². The maximum absolute atomic E-state index is 13.6. The Bertz CT molecular complexity index is 1410. The van der Waals surface area contributed by atoms with Gasteiger partial charge in [-0.25, -0.2) is 9.97 Å². The molecule has 0 saturated carbocycles. The van der Waals surface area contributed by atoms with E-state index >= 15 is 0 Å². The van der Waals surface area contributed by atoms with E-state index in [9.17, 15) is 18.0 Å². The molecule has 1 fully saturated rings. The highest BCUT2D eigenvalue weighted by Crippen LogP contribution is 2.37. The van der Waals surface area contributed by atoms with Gasteiger partial charge in [0.15, 0.2) is 5.65 Å². The number of benzene rings is 1. The zero-order chi connectivity index (χ0) is 24.2. The number of aromatic amines is 1. The highest BCUT2D eigenvalue weighted by molar-refractivity contribution is 6.12. The van der Waals surface area contributed by atoms with Gasteiger partial charge in [-0.2, -0.15) is 13.2 Å². The third-order valence-electron chi connectivity index (χ3n) is 6.56. The zero-order valence-electron chi connectivity index (χ0n) is 19.2. The standard InChI is InChI=1S/C25H25F3N4O2/c1-13-10-14(2)29-24-21(13)30-15(3)32(24)12-16-4-5-19-18(11-16)20(23(33)25(26,27)28)22(31-19)17-6-8-34-9-7-17/h4-5,10-11,17,31H,6-9,12H2,1-3H3. The van der Waals surface area contributed by atoms with Crippen LogP contribution < -0.4 is 0 Å². The molecule has 4 heterocycles. The molecule has 4 aromatic rings. The van der Waals surface area contributed by atoms with Crippen molar-refractivity contribution in [1.29, 1.82) is 0 Å². The number of halogens is 3. The average molecular weight is 470 g/mol. The van der Waals surface area contributed by atoms with E-state index in [-0.39, 0.29) is 11.5 Å². The molecular formula is C25H25F3N4O2. The molecule has 178 valence electrons. The van der Waals surface area contributed by atoms with Gasteiger partial charge in [0, 0.05) is 41.4 Å². The molecule has 0 spiro atoms. The summed E-state index contributed by atoms with van der Waals surface area (Å²) in [5.41, 5.74) is 4.80. The van der Waals surface area contributed by atoms with Crippen LogP contribution in [0.25, 0.3) is 22.1 Å². The van der Waals surface area contributed by atoms with Crippen LogP contribution >= 0.6 is 0 Å². The number of aryl methyl sites for hydroxylation is 3. The number of alkyl halides is 3. The first kappa shape index (κ1) is 22.6. The van der Waals surface area contributed by atoms with Crippen molar-refractivity contribution in [2.45, 2.75) is 52.3 Å². The fourth-order valence-electron chi connectivity index (χ4n) is 4.92. The predicted molar refractivity (Wildman–Crippen MR) is 122 cm³/mol. The average Bonchev–Trinajstić information content (AvgIpc) is 3.31. The van der Waals surface area contributed by atoms with E-state index in [4.69, 9.17) is 4.74 Å². The molecule has 5 rings (SSSR count). The lowest BCUT2D eigenvalue weighted by Crippen LogP contribution is -2.25. The van der Waals surface area contributed by atoms with Gasteiger partial charge in [-0.1, -0.05) is 6.07 Å². The quantitative estimate of drug-likeness (QED) is 0.399. The first-order valence-corrected chi connectivity index (χ1v) is 11.3. The van der Waals surface area contributed by atoms with Crippen LogP contribution in [0.4, 0.5) is 13.2 Å². The Morgan fingerprint density at radius 1 is 1.15 bits per heavy atom. The zero-order valence-corrected chi connectivity index (χ0v) is 19.2. The van der Waals surface area contributed by atoms with Gasteiger partial charge >= 0.3 is 6.18 Å². The SMILES string of the molecule is Cc1cc(C)c2nc(C)n(Cc3ccc4[nH]c(C5CCOCC5)c(C(=O)C(F)(F)F)c4c3)c2n1. The van der Waals surface area contributed by atoms with Gasteiger partial charge in [-0.05, 0) is 62.9 Å². The van der Waals surface area contributed by atoms with Crippen LogP contribution in [0.15, 0.2) is 24.3 Å². The maximum atomic E-state index is 13.6. The van der Waals surface area contributed by atoms with Crippen LogP contribution in [-0.2, 0) is 11.3 Å². The van der Waals surface area contributed by atoms with Gasteiger partial charge in [0.05, 0.1) is 12.1 Å². The number of carbonyl (C=O) groups excluding carboxylic acids is 1. The second kappa shape index (κ2) is 8.23. The molecule has 0 amide bonds. The Balaban J connectivity index is 1.63. The first-order chi connectivity index (χ1) is 16.1. The van der Waals surface area contributed by atoms with Crippen LogP contribution in [0.3, 0.4) is 0 Å². The summed E-state index contributed by atoms with van der Waals surface area (Å²) >= 11 is 0. The third kappa shape index (κ3) is 3.87. The van der Waals surface area contributed by atoms with Crippen molar-refractivity contribution >= 4 is 27.9 Å². The van der Waals surface area contributed by atoms with E-state index < -0.39 is 12.0 Å². The fraction of sp³-hybridized carbons (Fsp3) is 0.400. The van der Waals surface area contributed by atoms with Crippen LogP contribution in [0.5, 0.6) is 0 Å². The topological polar surface area (TPSA) is 72.8 Å². The van der Waals surface area contributed by atoms with Crippen LogP contribution in [-0.4, -0.2) is 44.7 Å². The van der Waals surface area contributed by atoms with Crippen LogP contribution in [0, 0.1) is 20.8 Å². The number of aromatic nitrogens is 4. The molecule has 0 radical (unpaired) electrons. The van der Waals surface area contributed by atoms with E-state index in [1.54, 1.807) is 12.1 Å². The van der Waals surface area contributed by atoms with Crippen molar-refractivity contribution < 1.29 is 22.7 Å². The number of hydrogen-bond acceptors (Lipinski definition) is 4. The molecule has 0 atom stereocenters. The number of hydrogen-bond donors (Lipinski definition) is 1. The number of nitrogens with one attached hydrogen (secondary N) is 1.